The molecule has 0 saturated carbocycles. The third-order valence-corrected chi connectivity index (χ3v) is 4.59. The van der Waals surface area contributed by atoms with Crippen molar-refractivity contribution in [1.82, 2.24) is 9.88 Å². The van der Waals surface area contributed by atoms with Gasteiger partial charge in [-0.3, -0.25) is 9.59 Å². The van der Waals surface area contributed by atoms with Crippen molar-refractivity contribution in [2.24, 2.45) is 0 Å². The van der Waals surface area contributed by atoms with Gasteiger partial charge in [-0.1, -0.05) is 41.9 Å². The minimum Gasteiger partial charge on any atom is -0.335 e. The normalized spacial score (nSPS) is 18.0. The number of pyridine rings is 1. The molecule has 1 atom stereocenters. The van der Waals surface area contributed by atoms with Gasteiger partial charge in [-0.15, -0.1) is 0 Å². The summed E-state index contributed by atoms with van der Waals surface area (Å²) in [4.78, 5) is 28.6. The fraction of sp³-hybridized carbons (Fsp3) is 0.333. The maximum absolute atomic E-state index is 12.8. The summed E-state index contributed by atoms with van der Waals surface area (Å²) >= 11 is 5.85. The summed E-state index contributed by atoms with van der Waals surface area (Å²) in [6, 6.07) is 11.9. The molecule has 23 heavy (non-hydrogen) atoms. The van der Waals surface area contributed by atoms with E-state index in [0.29, 0.717) is 5.56 Å². The van der Waals surface area contributed by atoms with E-state index in [1.807, 2.05) is 23.1 Å². The number of carbonyl (C=O) groups is 1. The number of piperidine rings is 1. The predicted octanol–water partition coefficient (Wildman–Crippen LogP) is 3.27. The Bertz CT molecular complexity index is 742. The number of hydrogen-bond donors (Lipinski definition) is 1. The maximum Gasteiger partial charge on any atom is 0.266 e. The van der Waals surface area contributed by atoms with Gasteiger partial charge < -0.3 is 9.88 Å². The fourth-order valence-electron chi connectivity index (χ4n) is 3.11. The van der Waals surface area contributed by atoms with E-state index in [9.17, 15) is 9.59 Å². The number of aromatic amines is 1. The largest absolute Gasteiger partial charge is 0.335 e. The molecule has 1 unspecified atom stereocenters. The van der Waals surface area contributed by atoms with Gasteiger partial charge in [0.1, 0.15) is 5.02 Å². The Morgan fingerprint density at radius 2 is 2.04 bits per heavy atom. The molecule has 1 amide bonds. The molecule has 4 nitrogen and oxygen atoms in total. The van der Waals surface area contributed by atoms with E-state index < -0.39 is 0 Å². The molecule has 1 aromatic heterocycles. The van der Waals surface area contributed by atoms with Gasteiger partial charge in [0.15, 0.2) is 0 Å². The molecular weight excluding hydrogens is 312 g/mol. The van der Waals surface area contributed by atoms with Crippen LogP contribution in [-0.4, -0.2) is 28.4 Å². The van der Waals surface area contributed by atoms with Crippen molar-refractivity contribution in [3.63, 3.8) is 0 Å². The molecule has 120 valence electrons. The number of carbonyl (C=O) groups excluding carboxylic acids is 1. The van der Waals surface area contributed by atoms with Crippen molar-refractivity contribution in [3.05, 3.63) is 69.1 Å². The Balaban J connectivity index is 1.81. The highest BCUT2D eigenvalue weighted by molar-refractivity contribution is 6.30. The molecule has 0 bridgehead atoms. The zero-order valence-electron chi connectivity index (χ0n) is 12.8. The van der Waals surface area contributed by atoms with Gasteiger partial charge in [0, 0.05) is 18.8 Å². The van der Waals surface area contributed by atoms with Gasteiger partial charge in [-0.05, 0) is 37.3 Å². The van der Waals surface area contributed by atoms with Gasteiger partial charge in [0.2, 0.25) is 0 Å². The smallest absolute Gasteiger partial charge is 0.266 e. The zero-order chi connectivity index (χ0) is 16.2. The summed E-state index contributed by atoms with van der Waals surface area (Å²) in [5.74, 6) is -0.0659. The highest BCUT2D eigenvalue weighted by atomic mass is 35.5. The number of amides is 1. The standard InChI is InChI=1S/C18H19ClN2O2/c19-16-11-14(12-20-17(16)22)18(23)21-9-5-4-8-15(21)10-13-6-2-1-3-7-13/h1-3,6-7,11-12,15H,4-5,8-10H2,(H,20,22). The van der Waals surface area contributed by atoms with Gasteiger partial charge in [0.25, 0.3) is 11.5 Å². The van der Waals surface area contributed by atoms with E-state index in [4.69, 9.17) is 11.6 Å². The number of nitrogens with zero attached hydrogens (tertiary/aromatic N) is 1. The second-order valence-corrected chi connectivity index (χ2v) is 6.31. The van der Waals surface area contributed by atoms with Crippen LogP contribution >= 0.6 is 11.6 Å². The van der Waals surface area contributed by atoms with Crippen LogP contribution in [0.25, 0.3) is 0 Å². The molecule has 0 spiro atoms. The summed E-state index contributed by atoms with van der Waals surface area (Å²) in [7, 11) is 0. The fourth-order valence-corrected chi connectivity index (χ4v) is 3.28. The molecular formula is C18H19ClN2O2. The van der Waals surface area contributed by atoms with E-state index in [-0.39, 0.29) is 22.5 Å². The lowest BCUT2D eigenvalue weighted by Gasteiger charge is -2.36. The molecule has 0 radical (unpaired) electrons. The van der Waals surface area contributed by atoms with Crippen LogP contribution in [0.4, 0.5) is 0 Å². The highest BCUT2D eigenvalue weighted by Gasteiger charge is 2.27. The van der Waals surface area contributed by atoms with Crippen LogP contribution in [0.2, 0.25) is 5.02 Å². The van der Waals surface area contributed by atoms with Crippen molar-refractivity contribution in [2.75, 3.05) is 6.54 Å². The topological polar surface area (TPSA) is 53.2 Å². The first-order valence-electron chi connectivity index (χ1n) is 7.88. The molecule has 5 heteroatoms. The Hall–Kier alpha value is -2.07. The average Bonchev–Trinajstić information content (AvgIpc) is 2.58. The molecule has 2 heterocycles. The molecule has 1 aromatic carbocycles. The lowest BCUT2D eigenvalue weighted by molar-refractivity contribution is 0.0613. The Morgan fingerprint density at radius 1 is 1.26 bits per heavy atom. The number of benzene rings is 1. The predicted molar refractivity (Wildman–Crippen MR) is 90.9 cm³/mol. The third-order valence-electron chi connectivity index (χ3n) is 4.31. The van der Waals surface area contributed by atoms with Crippen LogP contribution < -0.4 is 5.56 Å². The first-order chi connectivity index (χ1) is 11.1. The van der Waals surface area contributed by atoms with Crippen LogP contribution in [0.3, 0.4) is 0 Å². The molecule has 1 fully saturated rings. The Morgan fingerprint density at radius 3 is 2.78 bits per heavy atom. The molecule has 1 aliphatic heterocycles. The number of H-pyrrole nitrogens is 1. The Labute approximate surface area is 140 Å². The second-order valence-electron chi connectivity index (χ2n) is 5.90. The number of rotatable bonds is 3. The van der Waals surface area contributed by atoms with E-state index >= 15 is 0 Å². The molecule has 0 aliphatic carbocycles. The third kappa shape index (κ3) is 3.64. The molecule has 1 saturated heterocycles. The first kappa shape index (κ1) is 15.8. The van der Waals surface area contributed by atoms with Gasteiger partial charge in [0.05, 0.1) is 5.56 Å². The molecule has 1 N–H and O–H groups in total. The molecule has 3 rings (SSSR count). The molecule has 1 aliphatic rings. The van der Waals surface area contributed by atoms with Gasteiger partial charge in [-0.2, -0.15) is 0 Å². The van der Waals surface area contributed by atoms with Crippen LogP contribution in [0.1, 0.15) is 35.2 Å². The van der Waals surface area contributed by atoms with Crippen molar-refractivity contribution >= 4 is 17.5 Å². The Kier molecular flexibility index (Phi) is 4.82. The van der Waals surface area contributed by atoms with Crippen molar-refractivity contribution in [2.45, 2.75) is 31.7 Å². The molecule has 2 aromatic rings. The van der Waals surface area contributed by atoms with Crippen LogP contribution in [-0.2, 0) is 6.42 Å². The van der Waals surface area contributed by atoms with E-state index in [2.05, 4.69) is 17.1 Å². The summed E-state index contributed by atoms with van der Waals surface area (Å²) in [5, 5.41) is 0.0486. The number of hydrogen-bond acceptors (Lipinski definition) is 2. The van der Waals surface area contributed by atoms with Gasteiger partial charge >= 0.3 is 0 Å². The minimum atomic E-state index is -0.373. The average molecular weight is 331 g/mol. The number of halogens is 1. The summed E-state index contributed by atoms with van der Waals surface area (Å²) < 4.78 is 0. The monoisotopic (exact) mass is 330 g/mol. The van der Waals surface area contributed by atoms with Crippen LogP contribution in [0, 0.1) is 0 Å². The van der Waals surface area contributed by atoms with Crippen LogP contribution in [0.5, 0.6) is 0 Å². The lowest BCUT2D eigenvalue weighted by Crippen LogP contribution is -2.45. The number of aromatic nitrogens is 1. The SMILES string of the molecule is O=C(c1c[nH]c(=O)c(Cl)c1)N1CCCCC1Cc1ccccc1. The minimum absolute atomic E-state index is 0.0486. The zero-order valence-corrected chi connectivity index (χ0v) is 13.6. The summed E-state index contributed by atoms with van der Waals surface area (Å²) in [6.07, 6.45) is 5.44. The summed E-state index contributed by atoms with van der Waals surface area (Å²) in [5.41, 5.74) is 1.30. The highest BCUT2D eigenvalue weighted by Crippen LogP contribution is 2.23. The summed E-state index contributed by atoms with van der Waals surface area (Å²) in [6.45, 7) is 0.743. The quantitative estimate of drug-likeness (QED) is 0.939. The van der Waals surface area contributed by atoms with Crippen molar-refractivity contribution in [3.8, 4) is 0 Å². The second kappa shape index (κ2) is 7.01. The van der Waals surface area contributed by atoms with E-state index in [1.165, 1.54) is 17.8 Å². The lowest BCUT2D eigenvalue weighted by atomic mass is 9.95. The number of likely N-dealkylation sites (tertiary alicyclic amines) is 1. The van der Waals surface area contributed by atoms with Crippen molar-refractivity contribution in [1.29, 1.82) is 0 Å². The van der Waals surface area contributed by atoms with Crippen LogP contribution in [0.15, 0.2) is 47.4 Å². The maximum atomic E-state index is 12.8. The van der Waals surface area contributed by atoms with E-state index in [1.54, 1.807) is 0 Å². The van der Waals surface area contributed by atoms with Crippen molar-refractivity contribution < 1.29 is 4.79 Å². The first-order valence-corrected chi connectivity index (χ1v) is 8.26. The number of nitrogens with one attached hydrogen (secondary N) is 1. The van der Waals surface area contributed by atoms with E-state index in [0.717, 1.165) is 32.2 Å². The van der Waals surface area contributed by atoms with Gasteiger partial charge in [-0.25, -0.2) is 0 Å².